The average Bonchev–Trinajstić information content (AvgIpc) is 3.19. The topological polar surface area (TPSA) is 75.7 Å². The first kappa shape index (κ1) is 19.2. The molecule has 7 heteroatoms. The number of nitrogens with one attached hydrogen (secondary N) is 1. The summed E-state index contributed by atoms with van der Waals surface area (Å²) in [6.45, 7) is 3.28. The Kier molecular flexibility index (Phi) is 6.19. The standard InChI is InChI=1S/C19H28N2O4S/c1-2-25-17-11-10-16(20-19(22)15-8-4-3-5-9-15)14-18(17)26(23,24)21-12-6-7-13-21/h10-11,14-15H,2-9,12-13H2,1H3,(H,20,22). The highest BCUT2D eigenvalue weighted by molar-refractivity contribution is 7.89. The van der Waals surface area contributed by atoms with Crippen molar-refractivity contribution in [3.63, 3.8) is 0 Å². The first-order chi connectivity index (χ1) is 12.5. The van der Waals surface area contributed by atoms with Gasteiger partial charge < -0.3 is 10.1 Å². The van der Waals surface area contributed by atoms with Crippen LogP contribution in [-0.4, -0.2) is 38.3 Å². The van der Waals surface area contributed by atoms with Gasteiger partial charge in [-0.1, -0.05) is 19.3 Å². The Balaban J connectivity index is 1.85. The Hall–Kier alpha value is -1.60. The number of amides is 1. The van der Waals surface area contributed by atoms with E-state index in [-0.39, 0.29) is 16.7 Å². The quantitative estimate of drug-likeness (QED) is 0.821. The summed E-state index contributed by atoms with van der Waals surface area (Å²) in [5.41, 5.74) is 0.516. The lowest BCUT2D eigenvalue weighted by Crippen LogP contribution is -2.29. The lowest BCUT2D eigenvalue weighted by Gasteiger charge is -2.22. The Morgan fingerprint density at radius 3 is 2.50 bits per heavy atom. The van der Waals surface area contributed by atoms with Gasteiger partial charge in [-0.3, -0.25) is 4.79 Å². The first-order valence-corrected chi connectivity index (χ1v) is 11.0. The van der Waals surface area contributed by atoms with Crippen molar-refractivity contribution < 1.29 is 17.9 Å². The van der Waals surface area contributed by atoms with Crippen LogP contribution in [0.25, 0.3) is 0 Å². The minimum Gasteiger partial charge on any atom is -0.492 e. The molecule has 2 aliphatic rings. The van der Waals surface area contributed by atoms with Gasteiger partial charge in [-0.25, -0.2) is 8.42 Å². The highest BCUT2D eigenvalue weighted by Gasteiger charge is 2.30. The molecular formula is C19H28N2O4S. The second kappa shape index (κ2) is 8.39. The molecule has 0 radical (unpaired) electrons. The summed E-state index contributed by atoms with van der Waals surface area (Å²) in [5, 5.41) is 2.91. The van der Waals surface area contributed by atoms with Crippen LogP contribution in [0.1, 0.15) is 51.9 Å². The second-order valence-electron chi connectivity index (χ2n) is 7.03. The van der Waals surface area contributed by atoms with Gasteiger partial charge in [0, 0.05) is 24.7 Å². The van der Waals surface area contributed by atoms with Crippen LogP contribution in [0.2, 0.25) is 0 Å². The molecule has 0 unspecified atom stereocenters. The van der Waals surface area contributed by atoms with Crippen molar-refractivity contribution in [3.8, 4) is 5.75 Å². The Morgan fingerprint density at radius 1 is 1.15 bits per heavy atom. The van der Waals surface area contributed by atoms with Crippen LogP contribution in [0, 0.1) is 5.92 Å². The fourth-order valence-corrected chi connectivity index (χ4v) is 5.41. The number of benzene rings is 1. The number of nitrogens with zero attached hydrogens (tertiary/aromatic N) is 1. The second-order valence-corrected chi connectivity index (χ2v) is 8.94. The van der Waals surface area contributed by atoms with Gasteiger partial charge in [-0.15, -0.1) is 0 Å². The molecular weight excluding hydrogens is 352 g/mol. The van der Waals surface area contributed by atoms with E-state index in [1.54, 1.807) is 18.2 Å². The van der Waals surface area contributed by atoms with Crippen LogP contribution in [0.4, 0.5) is 5.69 Å². The molecule has 0 bridgehead atoms. The maximum Gasteiger partial charge on any atom is 0.246 e. The molecule has 1 N–H and O–H groups in total. The molecule has 3 rings (SSSR count). The van der Waals surface area contributed by atoms with Crippen molar-refractivity contribution in [2.45, 2.75) is 56.8 Å². The van der Waals surface area contributed by atoms with E-state index in [0.29, 0.717) is 31.1 Å². The predicted octanol–water partition coefficient (Wildman–Crippen LogP) is 3.39. The zero-order chi connectivity index (χ0) is 18.6. The molecule has 1 aliphatic carbocycles. The Labute approximate surface area is 156 Å². The number of hydrogen-bond donors (Lipinski definition) is 1. The van der Waals surface area contributed by atoms with E-state index in [9.17, 15) is 13.2 Å². The van der Waals surface area contributed by atoms with Crippen molar-refractivity contribution in [2.24, 2.45) is 5.92 Å². The van der Waals surface area contributed by atoms with Gasteiger partial charge in [0.2, 0.25) is 15.9 Å². The summed E-state index contributed by atoms with van der Waals surface area (Å²) < 4.78 is 33.0. The molecule has 1 amide bonds. The highest BCUT2D eigenvalue weighted by atomic mass is 32.2. The third kappa shape index (κ3) is 4.20. The van der Waals surface area contributed by atoms with Crippen molar-refractivity contribution >= 4 is 21.6 Å². The van der Waals surface area contributed by atoms with Crippen LogP contribution in [0.15, 0.2) is 23.1 Å². The van der Waals surface area contributed by atoms with Crippen molar-refractivity contribution in [1.29, 1.82) is 0 Å². The number of carbonyl (C=O) groups excluding carboxylic acids is 1. The SMILES string of the molecule is CCOc1ccc(NC(=O)C2CCCCC2)cc1S(=O)(=O)N1CCCC1. The number of rotatable bonds is 6. The van der Waals surface area contributed by atoms with Crippen molar-refractivity contribution in [3.05, 3.63) is 18.2 Å². The molecule has 1 saturated carbocycles. The molecule has 0 spiro atoms. The number of ether oxygens (including phenoxy) is 1. The van der Waals surface area contributed by atoms with E-state index in [1.807, 2.05) is 6.92 Å². The predicted molar refractivity (Wildman–Crippen MR) is 101 cm³/mol. The van der Waals surface area contributed by atoms with Gasteiger partial charge in [0.15, 0.2) is 0 Å². The normalized spacial score (nSPS) is 19.4. The third-order valence-corrected chi connectivity index (χ3v) is 7.09. The minimum absolute atomic E-state index is 0.0154. The molecule has 1 saturated heterocycles. The van der Waals surface area contributed by atoms with Gasteiger partial charge in [-0.2, -0.15) is 4.31 Å². The van der Waals surface area contributed by atoms with E-state index >= 15 is 0 Å². The van der Waals surface area contributed by atoms with Gasteiger partial charge >= 0.3 is 0 Å². The van der Waals surface area contributed by atoms with Crippen LogP contribution in [0.3, 0.4) is 0 Å². The fraction of sp³-hybridized carbons (Fsp3) is 0.632. The van der Waals surface area contributed by atoms with Crippen LogP contribution in [-0.2, 0) is 14.8 Å². The summed E-state index contributed by atoms with van der Waals surface area (Å²) in [7, 11) is -3.62. The number of sulfonamides is 1. The number of carbonyl (C=O) groups is 1. The van der Waals surface area contributed by atoms with Crippen LogP contribution < -0.4 is 10.1 Å². The highest BCUT2D eigenvalue weighted by Crippen LogP contribution is 2.32. The van der Waals surface area contributed by atoms with Crippen LogP contribution in [0.5, 0.6) is 5.75 Å². The van der Waals surface area contributed by atoms with Crippen LogP contribution >= 0.6 is 0 Å². The zero-order valence-electron chi connectivity index (χ0n) is 15.4. The molecule has 0 atom stereocenters. The maximum atomic E-state index is 13.0. The average molecular weight is 381 g/mol. The smallest absolute Gasteiger partial charge is 0.246 e. The summed E-state index contributed by atoms with van der Waals surface area (Å²) in [6, 6.07) is 4.90. The van der Waals surface area contributed by atoms with Crippen molar-refractivity contribution in [1.82, 2.24) is 4.31 Å². The summed E-state index contributed by atoms with van der Waals surface area (Å²) in [6.07, 6.45) is 6.91. The molecule has 6 nitrogen and oxygen atoms in total. The number of anilines is 1. The Bertz CT molecular complexity index is 736. The maximum absolute atomic E-state index is 13.0. The molecule has 1 aliphatic heterocycles. The third-order valence-electron chi connectivity index (χ3n) is 5.17. The summed E-state index contributed by atoms with van der Waals surface area (Å²) in [4.78, 5) is 12.6. The van der Waals surface area contributed by atoms with E-state index in [4.69, 9.17) is 4.74 Å². The van der Waals surface area contributed by atoms with Crippen molar-refractivity contribution in [2.75, 3.05) is 25.0 Å². The molecule has 2 fully saturated rings. The van der Waals surface area contributed by atoms with E-state index in [2.05, 4.69) is 5.32 Å². The molecule has 0 aromatic heterocycles. The van der Waals surface area contributed by atoms with E-state index < -0.39 is 10.0 Å². The van der Waals surface area contributed by atoms with Gasteiger partial charge in [-0.05, 0) is 50.8 Å². The monoisotopic (exact) mass is 380 g/mol. The Morgan fingerprint density at radius 2 is 1.85 bits per heavy atom. The molecule has 26 heavy (non-hydrogen) atoms. The molecule has 1 heterocycles. The summed E-state index contributed by atoms with van der Waals surface area (Å²) >= 11 is 0. The molecule has 1 aromatic rings. The molecule has 144 valence electrons. The van der Waals surface area contributed by atoms with Gasteiger partial charge in [0.05, 0.1) is 6.61 Å². The van der Waals surface area contributed by atoms with E-state index in [1.165, 1.54) is 10.7 Å². The lowest BCUT2D eigenvalue weighted by atomic mass is 9.88. The van der Waals surface area contributed by atoms with Gasteiger partial charge in [0.1, 0.15) is 10.6 Å². The molecule has 1 aromatic carbocycles. The lowest BCUT2D eigenvalue weighted by molar-refractivity contribution is -0.120. The number of hydrogen-bond acceptors (Lipinski definition) is 4. The minimum atomic E-state index is -3.62. The fourth-order valence-electron chi connectivity index (χ4n) is 3.74. The van der Waals surface area contributed by atoms with Gasteiger partial charge in [0.25, 0.3) is 0 Å². The largest absolute Gasteiger partial charge is 0.492 e. The van der Waals surface area contributed by atoms with E-state index in [0.717, 1.165) is 38.5 Å². The first-order valence-electron chi connectivity index (χ1n) is 9.60. The summed E-state index contributed by atoms with van der Waals surface area (Å²) in [5.74, 6) is 0.349. The zero-order valence-corrected chi connectivity index (χ0v) is 16.2.